The first kappa shape index (κ1) is 21.2. The van der Waals surface area contributed by atoms with Gasteiger partial charge in [0.2, 0.25) is 0 Å². The lowest BCUT2D eigenvalue weighted by atomic mass is 10.2. The van der Waals surface area contributed by atoms with Crippen LogP contribution in [0.4, 0.5) is 11.5 Å². The zero-order chi connectivity index (χ0) is 21.7. The average Bonchev–Trinajstić information content (AvgIpc) is 2.78. The van der Waals surface area contributed by atoms with Crippen LogP contribution in [0.25, 0.3) is 10.9 Å². The fourth-order valence-corrected chi connectivity index (χ4v) is 3.52. The Bertz CT molecular complexity index is 1110. The Labute approximate surface area is 178 Å². The second kappa shape index (κ2) is 9.33. The van der Waals surface area contributed by atoms with Gasteiger partial charge in [-0.25, -0.2) is 9.97 Å². The van der Waals surface area contributed by atoms with Crippen LogP contribution in [0.3, 0.4) is 0 Å². The van der Waals surface area contributed by atoms with Gasteiger partial charge in [0, 0.05) is 17.1 Å². The van der Waals surface area contributed by atoms with Gasteiger partial charge in [0.15, 0.2) is 16.7 Å². The molecule has 0 saturated heterocycles. The van der Waals surface area contributed by atoms with Crippen molar-refractivity contribution in [1.82, 2.24) is 9.97 Å². The molecule has 9 heteroatoms. The first-order valence-corrected chi connectivity index (χ1v) is 9.82. The Morgan fingerprint density at radius 2 is 1.77 bits per heavy atom. The molecule has 8 nitrogen and oxygen atoms in total. The summed E-state index contributed by atoms with van der Waals surface area (Å²) >= 11 is 1.19. The lowest BCUT2D eigenvalue weighted by Crippen LogP contribution is -2.15. The monoisotopic (exact) mass is 424 g/mol. The number of benzene rings is 2. The fraction of sp³-hybridized carbons (Fsp3) is 0.238. The molecule has 0 amide bonds. The minimum atomic E-state index is -0.477. The molecule has 0 spiro atoms. The second-order valence-electron chi connectivity index (χ2n) is 6.18. The second-order valence-corrected chi connectivity index (χ2v) is 7.48. The summed E-state index contributed by atoms with van der Waals surface area (Å²) in [4.78, 5) is 21.0. The van der Waals surface area contributed by atoms with E-state index < -0.39 is 5.25 Å². The molecule has 0 fully saturated rings. The van der Waals surface area contributed by atoms with Crippen molar-refractivity contribution in [3.05, 3.63) is 42.0 Å². The summed E-state index contributed by atoms with van der Waals surface area (Å²) in [6.45, 7) is 1.73. The number of esters is 1. The van der Waals surface area contributed by atoms with Gasteiger partial charge in [0.25, 0.3) is 0 Å². The summed E-state index contributed by atoms with van der Waals surface area (Å²) in [5.41, 5.74) is 1.93. The van der Waals surface area contributed by atoms with Crippen molar-refractivity contribution in [3.8, 4) is 17.6 Å². The molecule has 154 valence electrons. The third-order valence-electron chi connectivity index (χ3n) is 4.27. The van der Waals surface area contributed by atoms with Crippen molar-refractivity contribution in [2.45, 2.75) is 17.3 Å². The highest BCUT2D eigenvalue weighted by Gasteiger charge is 2.19. The van der Waals surface area contributed by atoms with Crippen LogP contribution in [-0.4, -0.2) is 42.5 Å². The van der Waals surface area contributed by atoms with Crippen LogP contribution in [0.15, 0.2) is 41.6 Å². The number of nitriles is 1. The van der Waals surface area contributed by atoms with E-state index in [1.54, 1.807) is 57.5 Å². The predicted octanol–water partition coefficient (Wildman–Crippen LogP) is 3.92. The van der Waals surface area contributed by atoms with Crippen LogP contribution in [0, 0.1) is 11.3 Å². The number of hydrogen-bond acceptors (Lipinski definition) is 9. The molecule has 1 unspecified atom stereocenters. The van der Waals surface area contributed by atoms with Gasteiger partial charge in [-0.2, -0.15) is 5.26 Å². The SMILES string of the molecule is COC(=O)C(C)Sc1nc(Nc2ccc(C#N)cc2)c2cc(OC)c(OC)cc2n1. The summed E-state index contributed by atoms with van der Waals surface area (Å²) < 4.78 is 15.6. The van der Waals surface area contributed by atoms with E-state index in [1.807, 2.05) is 0 Å². The van der Waals surface area contributed by atoms with Gasteiger partial charge in [-0.3, -0.25) is 4.79 Å². The average molecular weight is 424 g/mol. The standard InChI is InChI=1S/C21H20N4O4S/c1-12(20(26)29-4)30-21-24-16-10-18(28-3)17(27-2)9-15(16)19(25-21)23-14-7-5-13(11-22)6-8-14/h5-10,12H,1-4H3,(H,23,24,25). The number of hydrogen-bond donors (Lipinski definition) is 1. The number of ether oxygens (including phenoxy) is 3. The lowest BCUT2D eigenvalue weighted by molar-refractivity contribution is -0.139. The lowest BCUT2D eigenvalue weighted by Gasteiger charge is -2.15. The largest absolute Gasteiger partial charge is 0.493 e. The summed E-state index contributed by atoms with van der Waals surface area (Å²) in [7, 11) is 4.45. The van der Waals surface area contributed by atoms with E-state index in [0.29, 0.717) is 38.9 Å². The zero-order valence-electron chi connectivity index (χ0n) is 16.9. The third-order valence-corrected chi connectivity index (χ3v) is 5.21. The minimum Gasteiger partial charge on any atom is -0.493 e. The van der Waals surface area contributed by atoms with Gasteiger partial charge in [0.1, 0.15) is 11.1 Å². The van der Waals surface area contributed by atoms with Crippen molar-refractivity contribution in [2.24, 2.45) is 0 Å². The molecule has 0 aliphatic carbocycles. The first-order valence-electron chi connectivity index (χ1n) is 8.94. The van der Waals surface area contributed by atoms with Crippen molar-refractivity contribution in [2.75, 3.05) is 26.6 Å². The normalized spacial score (nSPS) is 11.4. The van der Waals surface area contributed by atoms with E-state index in [1.165, 1.54) is 18.9 Å². The third kappa shape index (κ3) is 4.55. The van der Waals surface area contributed by atoms with Crippen LogP contribution in [-0.2, 0) is 9.53 Å². The van der Waals surface area contributed by atoms with Gasteiger partial charge in [-0.15, -0.1) is 0 Å². The maximum Gasteiger partial charge on any atom is 0.318 e. The molecule has 3 aromatic rings. The van der Waals surface area contributed by atoms with Crippen molar-refractivity contribution < 1.29 is 19.0 Å². The number of nitrogens with zero attached hydrogens (tertiary/aromatic N) is 3. The van der Waals surface area contributed by atoms with E-state index in [4.69, 9.17) is 19.5 Å². The Morgan fingerprint density at radius 3 is 2.37 bits per heavy atom. The van der Waals surface area contributed by atoms with Crippen LogP contribution in [0.1, 0.15) is 12.5 Å². The maximum atomic E-state index is 11.8. The van der Waals surface area contributed by atoms with Crippen molar-refractivity contribution in [3.63, 3.8) is 0 Å². The number of methoxy groups -OCH3 is 3. The number of aromatic nitrogens is 2. The van der Waals surface area contributed by atoms with Gasteiger partial charge in [0.05, 0.1) is 38.5 Å². The number of rotatable bonds is 7. The molecule has 1 N–H and O–H groups in total. The first-order chi connectivity index (χ1) is 14.5. The summed E-state index contributed by atoms with van der Waals surface area (Å²) in [6, 6.07) is 12.6. The molecule has 1 atom stereocenters. The molecule has 0 saturated carbocycles. The molecule has 1 heterocycles. The Kier molecular flexibility index (Phi) is 6.59. The predicted molar refractivity (Wildman–Crippen MR) is 114 cm³/mol. The molecular formula is C21H20N4O4S. The molecule has 0 aliphatic heterocycles. The molecule has 1 aromatic heterocycles. The summed E-state index contributed by atoms with van der Waals surface area (Å²) in [5.74, 6) is 1.24. The van der Waals surface area contributed by atoms with Crippen LogP contribution < -0.4 is 14.8 Å². The van der Waals surface area contributed by atoms with Gasteiger partial charge in [-0.1, -0.05) is 11.8 Å². The highest BCUT2D eigenvalue weighted by atomic mass is 32.2. The summed E-state index contributed by atoms with van der Waals surface area (Å²) in [6.07, 6.45) is 0. The van der Waals surface area contributed by atoms with Gasteiger partial charge in [-0.05, 0) is 37.3 Å². The molecular weight excluding hydrogens is 404 g/mol. The smallest absolute Gasteiger partial charge is 0.318 e. The fourth-order valence-electron chi connectivity index (χ4n) is 2.72. The number of anilines is 2. The number of carbonyl (C=O) groups is 1. The maximum absolute atomic E-state index is 11.8. The van der Waals surface area contributed by atoms with Crippen LogP contribution >= 0.6 is 11.8 Å². The number of thioether (sulfide) groups is 1. The van der Waals surface area contributed by atoms with Crippen molar-refractivity contribution >= 4 is 40.1 Å². The Balaban J connectivity index is 2.10. The highest BCUT2D eigenvalue weighted by molar-refractivity contribution is 8.00. The van der Waals surface area contributed by atoms with Crippen LogP contribution in [0.5, 0.6) is 11.5 Å². The minimum absolute atomic E-state index is 0.363. The van der Waals surface area contributed by atoms with Crippen molar-refractivity contribution in [1.29, 1.82) is 5.26 Å². The molecule has 30 heavy (non-hydrogen) atoms. The number of carbonyl (C=O) groups excluding carboxylic acids is 1. The van der Waals surface area contributed by atoms with E-state index >= 15 is 0 Å². The topological polar surface area (TPSA) is 106 Å². The molecule has 3 rings (SSSR count). The quantitative estimate of drug-likeness (QED) is 0.343. The number of nitrogens with one attached hydrogen (secondary N) is 1. The number of fused-ring (bicyclic) bond motifs is 1. The van der Waals surface area contributed by atoms with E-state index in [2.05, 4.69) is 21.4 Å². The van der Waals surface area contributed by atoms with E-state index in [-0.39, 0.29) is 5.97 Å². The molecule has 0 bridgehead atoms. The molecule has 2 aromatic carbocycles. The van der Waals surface area contributed by atoms with E-state index in [0.717, 1.165) is 5.69 Å². The highest BCUT2D eigenvalue weighted by Crippen LogP contribution is 2.36. The van der Waals surface area contributed by atoms with Crippen LogP contribution in [0.2, 0.25) is 0 Å². The Hall–Kier alpha value is -3.51. The molecule has 0 aliphatic rings. The Morgan fingerprint density at radius 1 is 1.10 bits per heavy atom. The van der Waals surface area contributed by atoms with Gasteiger partial charge < -0.3 is 19.5 Å². The summed E-state index contributed by atoms with van der Waals surface area (Å²) in [5, 5.41) is 12.9. The van der Waals surface area contributed by atoms with Gasteiger partial charge >= 0.3 is 5.97 Å². The zero-order valence-corrected chi connectivity index (χ0v) is 17.7. The molecule has 0 radical (unpaired) electrons. The van der Waals surface area contributed by atoms with E-state index in [9.17, 15) is 4.79 Å².